The fourth-order valence-electron chi connectivity index (χ4n) is 3.99. The summed E-state index contributed by atoms with van der Waals surface area (Å²) in [7, 11) is 0. The number of amides is 2. The van der Waals surface area contributed by atoms with Gasteiger partial charge >= 0.3 is 0 Å². The SMILES string of the molecule is CC[C@H](C)NC(=O)[C@H](C)N(Cc1c(Cl)cccc1Cl)C(=O)CC(c1ccccc1)c1ccccc1. The lowest BCUT2D eigenvalue weighted by atomic mass is 9.88. The molecule has 0 radical (unpaired) electrons. The first-order valence-corrected chi connectivity index (χ1v) is 12.7. The third kappa shape index (κ3) is 7.09. The van der Waals surface area contributed by atoms with Crippen molar-refractivity contribution in [2.24, 2.45) is 0 Å². The molecule has 6 heteroatoms. The van der Waals surface area contributed by atoms with E-state index in [2.05, 4.69) is 5.32 Å². The number of carbonyl (C=O) groups is 2. The third-order valence-electron chi connectivity index (χ3n) is 6.34. The van der Waals surface area contributed by atoms with E-state index in [0.717, 1.165) is 17.5 Å². The van der Waals surface area contributed by atoms with Crippen molar-refractivity contribution < 1.29 is 9.59 Å². The number of rotatable bonds is 10. The van der Waals surface area contributed by atoms with Crippen molar-refractivity contribution in [1.82, 2.24) is 10.2 Å². The van der Waals surface area contributed by atoms with Gasteiger partial charge in [0.25, 0.3) is 0 Å². The van der Waals surface area contributed by atoms with Gasteiger partial charge in [-0.2, -0.15) is 0 Å². The summed E-state index contributed by atoms with van der Waals surface area (Å²) < 4.78 is 0. The Bertz CT molecular complexity index is 1060. The summed E-state index contributed by atoms with van der Waals surface area (Å²) in [6, 6.07) is 24.5. The Morgan fingerprint density at radius 2 is 1.34 bits per heavy atom. The van der Waals surface area contributed by atoms with E-state index in [4.69, 9.17) is 23.2 Å². The molecule has 0 saturated heterocycles. The van der Waals surface area contributed by atoms with Crippen LogP contribution in [0.3, 0.4) is 0 Å². The summed E-state index contributed by atoms with van der Waals surface area (Å²) >= 11 is 12.9. The van der Waals surface area contributed by atoms with Crippen molar-refractivity contribution in [3.05, 3.63) is 106 Å². The molecule has 0 aliphatic heterocycles. The van der Waals surface area contributed by atoms with Crippen LogP contribution >= 0.6 is 23.2 Å². The van der Waals surface area contributed by atoms with Gasteiger partial charge in [0.05, 0.1) is 0 Å². The minimum atomic E-state index is -0.698. The predicted molar refractivity (Wildman–Crippen MR) is 144 cm³/mol. The van der Waals surface area contributed by atoms with Gasteiger partial charge in [-0.25, -0.2) is 0 Å². The molecule has 3 rings (SSSR count). The summed E-state index contributed by atoms with van der Waals surface area (Å²) in [5, 5.41) is 3.93. The summed E-state index contributed by atoms with van der Waals surface area (Å²) in [5.41, 5.74) is 2.71. The van der Waals surface area contributed by atoms with Gasteiger partial charge in [0.1, 0.15) is 6.04 Å². The lowest BCUT2D eigenvalue weighted by Crippen LogP contribution is -2.49. The molecular formula is C29H32Cl2N2O2. The topological polar surface area (TPSA) is 49.4 Å². The van der Waals surface area contributed by atoms with E-state index in [-0.39, 0.29) is 36.7 Å². The van der Waals surface area contributed by atoms with Gasteiger partial charge in [-0.3, -0.25) is 9.59 Å². The molecule has 0 fully saturated rings. The lowest BCUT2D eigenvalue weighted by Gasteiger charge is -2.31. The molecule has 0 bridgehead atoms. The highest BCUT2D eigenvalue weighted by atomic mass is 35.5. The molecule has 0 aliphatic carbocycles. The van der Waals surface area contributed by atoms with Gasteiger partial charge in [0.2, 0.25) is 11.8 Å². The number of halogens is 2. The van der Waals surface area contributed by atoms with E-state index < -0.39 is 6.04 Å². The number of benzene rings is 3. The zero-order chi connectivity index (χ0) is 25.4. The average molecular weight is 511 g/mol. The molecule has 4 nitrogen and oxygen atoms in total. The summed E-state index contributed by atoms with van der Waals surface area (Å²) in [6.45, 7) is 5.85. The van der Waals surface area contributed by atoms with Crippen molar-refractivity contribution in [2.75, 3.05) is 0 Å². The van der Waals surface area contributed by atoms with Crippen molar-refractivity contribution in [3.8, 4) is 0 Å². The monoisotopic (exact) mass is 510 g/mol. The van der Waals surface area contributed by atoms with Gasteiger partial charge in [-0.15, -0.1) is 0 Å². The number of hydrogen-bond donors (Lipinski definition) is 1. The van der Waals surface area contributed by atoms with E-state index in [1.54, 1.807) is 30.0 Å². The van der Waals surface area contributed by atoms with Crippen LogP contribution in [0.4, 0.5) is 0 Å². The fourth-order valence-corrected chi connectivity index (χ4v) is 4.51. The van der Waals surface area contributed by atoms with Crippen LogP contribution in [0.1, 0.15) is 56.2 Å². The molecule has 0 saturated carbocycles. The summed E-state index contributed by atoms with van der Waals surface area (Å²) in [6.07, 6.45) is 1.00. The van der Waals surface area contributed by atoms with Crippen LogP contribution in [-0.2, 0) is 16.1 Å². The van der Waals surface area contributed by atoms with Crippen molar-refractivity contribution >= 4 is 35.0 Å². The summed E-state index contributed by atoms with van der Waals surface area (Å²) in [5.74, 6) is -0.503. The molecule has 1 N–H and O–H groups in total. The van der Waals surface area contributed by atoms with E-state index in [1.165, 1.54) is 0 Å². The third-order valence-corrected chi connectivity index (χ3v) is 7.05. The lowest BCUT2D eigenvalue weighted by molar-refractivity contribution is -0.141. The number of nitrogens with zero attached hydrogens (tertiary/aromatic N) is 1. The zero-order valence-electron chi connectivity index (χ0n) is 20.4. The Balaban J connectivity index is 1.96. The van der Waals surface area contributed by atoms with Crippen LogP contribution < -0.4 is 5.32 Å². The molecule has 0 heterocycles. The van der Waals surface area contributed by atoms with Gasteiger partial charge in [-0.1, -0.05) is 96.9 Å². The molecule has 0 aromatic heterocycles. The highest BCUT2D eigenvalue weighted by molar-refractivity contribution is 6.36. The fraction of sp³-hybridized carbons (Fsp3) is 0.310. The maximum Gasteiger partial charge on any atom is 0.242 e. The van der Waals surface area contributed by atoms with E-state index in [0.29, 0.717) is 15.6 Å². The standard InChI is InChI=1S/C29H32Cl2N2O2/c1-4-20(2)32-29(35)21(3)33(19-25-26(30)16-11-17-27(25)31)28(34)18-24(22-12-7-5-8-13-22)23-14-9-6-10-15-23/h5-17,20-21,24H,4,18-19H2,1-3H3,(H,32,35)/t20-,21-/m0/s1. The molecule has 3 aromatic carbocycles. The van der Waals surface area contributed by atoms with Gasteiger partial charge in [0, 0.05) is 40.5 Å². The second kappa shape index (κ2) is 12.8. The Labute approximate surface area is 218 Å². The molecular weight excluding hydrogens is 479 g/mol. The molecule has 0 aliphatic rings. The maximum atomic E-state index is 13.9. The van der Waals surface area contributed by atoms with Gasteiger partial charge in [0.15, 0.2) is 0 Å². The molecule has 0 spiro atoms. The zero-order valence-corrected chi connectivity index (χ0v) is 21.9. The molecule has 184 valence electrons. The Morgan fingerprint density at radius 1 is 0.829 bits per heavy atom. The van der Waals surface area contributed by atoms with Crippen LogP contribution in [0.25, 0.3) is 0 Å². The van der Waals surface area contributed by atoms with Crippen molar-refractivity contribution in [2.45, 2.75) is 58.2 Å². The van der Waals surface area contributed by atoms with E-state index in [9.17, 15) is 9.59 Å². The molecule has 35 heavy (non-hydrogen) atoms. The second-order valence-electron chi connectivity index (χ2n) is 8.79. The van der Waals surface area contributed by atoms with Crippen LogP contribution in [-0.4, -0.2) is 28.8 Å². The van der Waals surface area contributed by atoms with Crippen molar-refractivity contribution in [3.63, 3.8) is 0 Å². The average Bonchev–Trinajstić information content (AvgIpc) is 2.87. The molecule has 2 amide bonds. The van der Waals surface area contributed by atoms with Crippen LogP contribution in [0.15, 0.2) is 78.9 Å². The quantitative estimate of drug-likeness (QED) is 0.324. The minimum Gasteiger partial charge on any atom is -0.352 e. The summed E-state index contributed by atoms with van der Waals surface area (Å²) in [4.78, 5) is 28.5. The maximum absolute atomic E-state index is 13.9. The molecule has 0 unspecified atom stereocenters. The molecule has 2 atom stereocenters. The number of nitrogens with one attached hydrogen (secondary N) is 1. The Kier molecular flexibility index (Phi) is 9.76. The number of hydrogen-bond acceptors (Lipinski definition) is 2. The number of carbonyl (C=O) groups excluding carboxylic acids is 2. The first-order valence-electron chi connectivity index (χ1n) is 11.9. The highest BCUT2D eigenvalue weighted by Gasteiger charge is 2.30. The minimum absolute atomic E-state index is 0.00666. The van der Waals surface area contributed by atoms with E-state index in [1.807, 2.05) is 74.5 Å². The first kappa shape index (κ1) is 26.8. The van der Waals surface area contributed by atoms with E-state index >= 15 is 0 Å². The Morgan fingerprint density at radius 3 is 1.83 bits per heavy atom. The van der Waals surface area contributed by atoms with Crippen LogP contribution in [0, 0.1) is 0 Å². The van der Waals surface area contributed by atoms with Crippen LogP contribution in [0.5, 0.6) is 0 Å². The van der Waals surface area contributed by atoms with Crippen LogP contribution in [0.2, 0.25) is 10.0 Å². The second-order valence-corrected chi connectivity index (χ2v) is 9.61. The Hall–Kier alpha value is -2.82. The smallest absolute Gasteiger partial charge is 0.242 e. The van der Waals surface area contributed by atoms with Gasteiger partial charge < -0.3 is 10.2 Å². The normalized spacial score (nSPS) is 12.7. The van der Waals surface area contributed by atoms with Crippen molar-refractivity contribution in [1.29, 1.82) is 0 Å². The molecule has 3 aromatic rings. The highest BCUT2D eigenvalue weighted by Crippen LogP contribution is 2.31. The first-order chi connectivity index (χ1) is 16.8. The predicted octanol–water partition coefficient (Wildman–Crippen LogP) is 6.85. The van der Waals surface area contributed by atoms with Gasteiger partial charge in [-0.05, 0) is 43.5 Å². The largest absolute Gasteiger partial charge is 0.352 e.